The van der Waals surface area contributed by atoms with Crippen molar-refractivity contribution in [3.05, 3.63) is 0 Å². The molecule has 4 heterocycles. The van der Waals surface area contributed by atoms with Gasteiger partial charge in [0, 0.05) is 18.5 Å². The molecule has 18 heavy (non-hydrogen) atoms. The van der Waals surface area contributed by atoms with Crippen LogP contribution in [0.15, 0.2) is 0 Å². The normalized spacial score (nSPS) is 46.0. The Labute approximate surface area is 111 Å². The monoisotopic (exact) mass is 249 g/mol. The fraction of sp³-hybridized carbons (Fsp3) is 1.00. The summed E-state index contributed by atoms with van der Waals surface area (Å²) in [6, 6.07) is 0.899. The largest absolute Gasteiger partial charge is 0.301 e. The highest BCUT2D eigenvalue weighted by Crippen LogP contribution is 2.41. The minimum atomic E-state index is 0.711. The van der Waals surface area contributed by atoms with E-state index in [4.69, 9.17) is 0 Å². The van der Waals surface area contributed by atoms with Gasteiger partial charge in [0.1, 0.15) is 0 Å². The van der Waals surface area contributed by atoms with Crippen LogP contribution in [-0.4, -0.2) is 47.8 Å². The first-order chi connectivity index (χ1) is 8.95. The highest BCUT2D eigenvalue weighted by molar-refractivity contribution is 5.00. The Bertz CT molecular complexity index is 217. The molecule has 0 aliphatic carbocycles. The summed E-state index contributed by atoms with van der Waals surface area (Å²) in [7, 11) is 0. The molecule has 1 N–H and O–H groups in total. The molecule has 102 valence electrons. The fourth-order valence-corrected chi connectivity index (χ4v) is 5.09. The quantitative estimate of drug-likeness (QED) is 0.708. The summed E-state index contributed by atoms with van der Waals surface area (Å²) in [6.07, 6.45) is 13.0. The molecule has 0 saturated carbocycles. The molecular formula is C15H27N3. The lowest BCUT2D eigenvalue weighted by atomic mass is 9.78. The second-order valence-electron chi connectivity index (χ2n) is 6.72. The van der Waals surface area contributed by atoms with Gasteiger partial charge in [-0.3, -0.25) is 9.80 Å². The molecule has 4 saturated heterocycles. The molecule has 0 spiro atoms. The summed E-state index contributed by atoms with van der Waals surface area (Å²) < 4.78 is 0. The van der Waals surface area contributed by atoms with Crippen LogP contribution < -0.4 is 5.32 Å². The number of nitrogens with zero attached hydrogens (tertiary/aromatic N) is 2. The molecule has 3 nitrogen and oxygen atoms in total. The molecule has 3 heteroatoms. The molecule has 4 unspecified atom stereocenters. The highest BCUT2D eigenvalue weighted by atomic mass is 15.5. The van der Waals surface area contributed by atoms with E-state index < -0.39 is 0 Å². The predicted molar refractivity (Wildman–Crippen MR) is 73.2 cm³/mol. The molecule has 0 aromatic heterocycles. The lowest BCUT2D eigenvalue weighted by Gasteiger charge is -2.60. The van der Waals surface area contributed by atoms with E-state index in [1.54, 1.807) is 0 Å². The van der Waals surface area contributed by atoms with Crippen LogP contribution in [0.4, 0.5) is 0 Å². The van der Waals surface area contributed by atoms with Gasteiger partial charge in [-0.25, -0.2) is 0 Å². The van der Waals surface area contributed by atoms with E-state index >= 15 is 0 Å². The maximum Gasteiger partial charge on any atom is 0.0654 e. The van der Waals surface area contributed by atoms with Crippen molar-refractivity contribution in [3.63, 3.8) is 0 Å². The highest BCUT2D eigenvalue weighted by Gasteiger charge is 2.48. The van der Waals surface area contributed by atoms with E-state index in [1.165, 1.54) is 71.0 Å². The van der Waals surface area contributed by atoms with E-state index in [2.05, 4.69) is 15.1 Å². The van der Waals surface area contributed by atoms with Crippen molar-refractivity contribution in [2.24, 2.45) is 5.92 Å². The maximum absolute atomic E-state index is 3.85. The SMILES string of the molecule is C1CNC2C(C1)C1CCCCN1C1CCCCN21. The lowest BCUT2D eigenvalue weighted by molar-refractivity contribution is -0.146. The molecule has 4 fully saturated rings. The van der Waals surface area contributed by atoms with Crippen molar-refractivity contribution in [1.82, 2.24) is 15.1 Å². The Morgan fingerprint density at radius 1 is 0.778 bits per heavy atom. The van der Waals surface area contributed by atoms with Gasteiger partial charge in [0.05, 0.1) is 12.3 Å². The van der Waals surface area contributed by atoms with Crippen molar-refractivity contribution in [2.75, 3.05) is 19.6 Å². The molecular weight excluding hydrogens is 222 g/mol. The van der Waals surface area contributed by atoms with Gasteiger partial charge in [0.2, 0.25) is 0 Å². The van der Waals surface area contributed by atoms with Crippen LogP contribution in [0.2, 0.25) is 0 Å². The van der Waals surface area contributed by atoms with Gasteiger partial charge in [-0.2, -0.15) is 0 Å². The third kappa shape index (κ3) is 1.75. The van der Waals surface area contributed by atoms with E-state index in [1.807, 2.05) is 0 Å². The zero-order valence-corrected chi connectivity index (χ0v) is 11.5. The van der Waals surface area contributed by atoms with E-state index in [0.29, 0.717) is 6.17 Å². The smallest absolute Gasteiger partial charge is 0.0654 e. The van der Waals surface area contributed by atoms with Crippen LogP contribution in [0, 0.1) is 5.92 Å². The lowest BCUT2D eigenvalue weighted by Crippen LogP contribution is -2.72. The first-order valence-electron chi connectivity index (χ1n) is 8.20. The zero-order chi connectivity index (χ0) is 11.9. The summed E-state index contributed by atoms with van der Waals surface area (Å²) in [4.78, 5) is 5.73. The van der Waals surface area contributed by atoms with E-state index in [-0.39, 0.29) is 0 Å². The number of hydrogen-bond acceptors (Lipinski definition) is 3. The maximum atomic E-state index is 3.85. The minimum absolute atomic E-state index is 0.711. The Kier molecular flexibility index (Phi) is 3.10. The fourth-order valence-electron chi connectivity index (χ4n) is 5.09. The third-order valence-corrected chi connectivity index (χ3v) is 5.81. The average molecular weight is 249 g/mol. The predicted octanol–water partition coefficient (Wildman–Crippen LogP) is 1.99. The number of nitrogens with one attached hydrogen (secondary N) is 1. The standard InChI is InChI=1S/C15H27N3/c1-3-10-17-13(7-1)12-6-5-9-16-15(12)18-11-4-2-8-14(17)18/h12-16H,1-11H2. The van der Waals surface area contributed by atoms with E-state index in [0.717, 1.165) is 18.1 Å². The summed E-state index contributed by atoms with van der Waals surface area (Å²) in [5.74, 6) is 0.911. The van der Waals surface area contributed by atoms with E-state index in [9.17, 15) is 0 Å². The summed E-state index contributed by atoms with van der Waals surface area (Å²) >= 11 is 0. The van der Waals surface area contributed by atoms with Crippen LogP contribution in [0.5, 0.6) is 0 Å². The van der Waals surface area contributed by atoms with Crippen LogP contribution in [0.25, 0.3) is 0 Å². The average Bonchev–Trinajstić information content (AvgIpc) is 2.48. The van der Waals surface area contributed by atoms with Crippen molar-refractivity contribution in [2.45, 2.75) is 69.7 Å². The molecule has 4 atom stereocenters. The Morgan fingerprint density at radius 2 is 1.61 bits per heavy atom. The molecule has 0 amide bonds. The molecule has 4 aliphatic rings. The van der Waals surface area contributed by atoms with Crippen LogP contribution >= 0.6 is 0 Å². The number of piperidine rings is 3. The molecule has 0 bridgehead atoms. The minimum Gasteiger partial charge on any atom is -0.301 e. The number of fused-ring (bicyclic) bond motifs is 6. The summed E-state index contributed by atoms with van der Waals surface area (Å²) in [5.41, 5.74) is 0. The van der Waals surface area contributed by atoms with Gasteiger partial charge in [0.25, 0.3) is 0 Å². The Hall–Kier alpha value is -0.120. The van der Waals surface area contributed by atoms with Gasteiger partial charge in [-0.15, -0.1) is 0 Å². The summed E-state index contributed by atoms with van der Waals surface area (Å²) in [6.45, 7) is 3.95. The van der Waals surface area contributed by atoms with Crippen LogP contribution in [0.3, 0.4) is 0 Å². The molecule has 0 radical (unpaired) electrons. The van der Waals surface area contributed by atoms with Crippen molar-refractivity contribution in [3.8, 4) is 0 Å². The Balaban J connectivity index is 1.64. The van der Waals surface area contributed by atoms with Gasteiger partial charge < -0.3 is 5.32 Å². The second-order valence-corrected chi connectivity index (χ2v) is 6.72. The number of rotatable bonds is 0. The van der Waals surface area contributed by atoms with Gasteiger partial charge in [0.15, 0.2) is 0 Å². The molecule has 0 aromatic rings. The van der Waals surface area contributed by atoms with Crippen molar-refractivity contribution in [1.29, 1.82) is 0 Å². The van der Waals surface area contributed by atoms with Gasteiger partial charge >= 0.3 is 0 Å². The third-order valence-electron chi connectivity index (χ3n) is 5.81. The zero-order valence-electron chi connectivity index (χ0n) is 11.5. The van der Waals surface area contributed by atoms with Crippen LogP contribution in [0.1, 0.15) is 51.4 Å². The second kappa shape index (κ2) is 4.77. The van der Waals surface area contributed by atoms with Crippen LogP contribution in [-0.2, 0) is 0 Å². The van der Waals surface area contributed by atoms with Gasteiger partial charge in [-0.05, 0) is 58.0 Å². The topological polar surface area (TPSA) is 18.5 Å². The summed E-state index contributed by atoms with van der Waals surface area (Å²) in [5, 5.41) is 3.85. The van der Waals surface area contributed by atoms with Crippen molar-refractivity contribution < 1.29 is 0 Å². The number of hydrogen-bond donors (Lipinski definition) is 1. The molecule has 4 rings (SSSR count). The first kappa shape index (κ1) is 11.7. The van der Waals surface area contributed by atoms with Gasteiger partial charge in [-0.1, -0.05) is 6.42 Å². The Morgan fingerprint density at radius 3 is 2.56 bits per heavy atom. The first-order valence-corrected chi connectivity index (χ1v) is 8.20. The van der Waals surface area contributed by atoms with Crippen molar-refractivity contribution >= 4 is 0 Å². The molecule has 0 aromatic carbocycles. The molecule has 4 aliphatic heterocycles.